The Morgan fingerprint density at radius 1 is 1.14 bits per heavy atom. The molecule has 0 aliphatic carbocycles. The number of nitrogens with zero attached hydrogens (tertiary/aromatic N) is 6. The lowest BCUT2D eigenvalue weighted by atomic mass is 10.1. The highest BCUT2D eigenvalue weighted by Gasteiger charge is 2.15. The van der Waals surface area contributed by atoms with E-state index in [9.17, 15) is 10.4 Å². The molecule has 1 heterocycles. The van der Waals surface area contributed by atoms with Gasteiger partial charge in [0.1, 0.15) is 17.0 Å². The Hall–Kier alpha value is -2.78. The highest BCUT2D eigenvalue weighted by Crippen LogP contribution is 2.36. The molecule has 1 atom stereocenters. The molecule has 2 rings (SSSR count). The van der Waals surface area contributed by atoms with Crippen LogP contribution in [0.3, 0.4) is 0 Å². The summed E-state index contributed by atoms with van der Waals surface area (Å²) in [7, 11) is 3.88. The van der Waals surface area contributed by atoms with E-state index in [-0.39, 0.29) is 0 Å². The smallest absolute Gasteiger partial charge is 0.158 e. The normalized spacial score (nSPS) is 12.2. The molecule has 1 aromatic carbocycles. The van der Waals surface area contributed by atoms with Crippen LogP contribution in [0.15, 0.2) is 28.4 Å². The molecule has 0 fully saturated rings. The number of thiophene rings is 1. The van der Waals surface area contributed by atoms with Crippen molar-refractivity contribution in [3.8, 4) is 12.1 Å². The van der Waals surface area contributed by atoms with E-state index in [2.05, 4.69) is 34.2 Å². The molecule has 0 amide bonds. The van der Waals surface area contributed by atoms with Gasteiger partial charge in [0.2, 0.25) is 0 Å². The second-order valence-corrected chi connectivity index (χ2v) is 8.08. The summed E-state index contributed by atoms with van der Waals surface area (Å²) in [6.07, 6.45) is -0.439. The van der Waals surface area contributed by atoms with Crippen LogP contribution >= 0.6 is 11.3 Å². The number of hydrogen-bond donors (Lipinski definition) is 1. The number of likely N-dealkylation sites (N-methyl/N-ethyl adjacent to an activating group) is 2. The van der Waals surface area contributed by atoms with Crippen LogP contribution in [0.1, 0.15) is 28.5 Å². The van der Waals surface area contributed by atoms with Gasteiger partial charge in [0.25, 0.3) is 0 Å². The summed E-state index contributed by atoms with van der Waals surface area (Å²) < 4.78 is 0. The van der Waals surface area contributed by atoms with Crippen molar-refractivity contribution in [3.05, 3.63) is 39.8 Å². The van der Waals surface area contributed by atoms with Gasteiger partial charge < -0.3 is 14.9 Å². The number of azo groups is 1. The number of aliphatic hydroxyl groups is 1. The SMILES string of the molecule is CCN(CC(O)CN(C)C)c1ccc(N=Nc2sc(C#N)c(C)c2C#N)c(C)c1. The van der Waals surface area contributed by atoms with Crippen LogP contribution < -0.4 is 4.90 Å². The maximum Gasteiger partial charge on any atom is 0.158 e. The summed E-state index contributed by atoms with van der Waals surface area (Å²) in [4.78, 5) is 4.57. The molecule has 0 aliphatic rings. The molecule has 7 nitrogen and oxygen atoms in total. The van der Waals surface area contributed by atoms with Gasteiger partial charge >= 0.3 is 0 Å². The average molecular weight is 411 g/mol. The fraction of sp³-hybridized carbons (Fsp3) is 0.429. The molecule has 1 aromatic heterocycles. The number of aryl methyl sites for hydroxylation is 1. The molecule has 0 bridgehead atoms. The Morgan fingerprint density at radius 3 is 2.41 bits per heavy atom. The van der Waals surface area contributed by atoms with Crippen LogP contribution in [0.4, 0.5) is 16.4 Å². The summed E-state index contributed by atoms with van der Waals surface area (Å²) in [5.74, 6) is 0. The van der Waals surface area contributed by atoms with E-state index in [1.165, 1.54) is 11.3 Å². The fourth-order valence-corrected chi connectivity index (χ4v) is 3.88. The topological polar surface area (TPSA) is 99.0 Å². The quantitative estimate of drug-likeness (QED) is 0.655. The standard InChI is InChI=1S/C21H26N6OS/c1-6-27(13-17(28)12-26(4)5)16-7-8-19(14(2)9-16)24-25-21-18(10-22)15(3)20(11-23)29-21/h7-9,17,28H,6,12-13H2,1-5H3. The van der Waals surface area contributed by atoms with Crippen LogP contribution in [0.25, 0.3) is 0 Å². The molecular weight excluding hydrogens is 384 g/mol. The summed E-state index contributed by atoms with van der Waals surface area (Å²) in [6, 6.07) is 10.1. The van der Waals surface area contributed by atoms with Crippen LogP contribution in [0.2, 0.25) is 0 Å². The molecule has 0 aliphatic heterocycles. The monoisotopic (exact) mass is 410 g/mol. The van der Waals surface area contributed by atoms with E-state index >= 15 is 0 Å². The predicted octanol–water partition coefficient (Wildman–Crippen LogP) is 4.27. The molecule has 0 spiro atoms. The number of rotatable bonds is 8. The highest BCUT2D eigenvalue weighted by molar-refractivity contribution is 7.16. The van der Waals surface area contributed by atoms with Crippen molar-refractivity contribution in [1.82, 2.24) is 4.90 Å². The third-order valence-corrected chi connectivity index (χ3v) is 5.61. The maximum atomic E-state index is 10.2. The van der Waals surface area contributed by atoms with Gasteiger partial charge in [-0.25, -0.2) is 0 Å². The molecule has 2 aromatic rings. The molecule has 29 heavy (non-hydrogen) atoms. The summed E-state index contributed by atoms with van der Waals surface area (Å²) in [5, 5.41) is 37.7. The third-order valence-electron chi connectivity index (χ3n) is 4.52. The summed E-state index contributed by atoms with van der Waals surface area (Å²) in [5.41, 5.74) is 3.71. The second-order valence-electron chi connectivity index (χ2n) is 7.09. The van der Waals surface area contributed by atoms with Crippen molar-refractivity contribution in [2.45, 2.75) is 26.9 Å². The van der Waals surface area contributed by atoms with Crippen LogP contribution in [-0.2, 0) is 0 Å². The number of anilines is 1. The zero-order valence-electron chi connectivity index (χ0n) is 17.5. The molecule has 8 heteroatoms. The molecule has 0 saturated heterocycles. The summed E-state index contributed by atoms with van der Waals surface area (Å²) in [6.45, 7) is 7.69. The summed E-state index contributed by atoms with van der Waals surface area (Å²) >= 11 is 1.18. The minimum Gasteiger partial charge on any atom is -0.390 e. The minimum absolute atomic E-state index is 0.400. The van der Waals surface area contributed by atoms with Gasteiger partial charge in [-0.15, -0.1) is 21.6 Å². The Balaban J connectivity index is 2.22. The van der Waals surface area contributed by atoms with Crippen molar-refractivity contribution in [3.63, 3.8) is 0 Å². The molecule has 152 valence electrons. The van der Waals surface area contributed by atoms with Gasteiger partial charge in [-0.05, 0) is 64.2 Å². The molecule has 0 radical (unpaired) electrons. The average Bonchev–Trinajstić information content (AvgIpc) is 2.99. The molecule has 1 unspecified atom stereocenters. The van der Waals surface area contributed by atoms with Crippen LogP contribution in [-0.4, -0.2) is 49.8 Å². The molecule has 0 saturated carbocycles. The first-order valence-corrected chi connectivity index (χ1v) is 10.2. The number of aliphatic hydroxyl groups excluding tert-OH is 1. The van der Waals surface area contributed by atoms with Gasteiger partial charge in [-0.3, -0.25) is 0 Å². The van der Waals surface area contributed by atoms with E-state index < -0.39 is 6.10 Å². The van der Waals surface area contributed by atoms with Crippen LogP contribution in [0.5, 0.6) is 0 Å². The Kier molecular flexibility index (Phi) is 7.86. The number of hydrogen-bond acceptors (Lipinski definition) is 8. The van der Waals surface area contributed by atoms with Crippen molar-refractivity contribution in [2.24, 2.45) is 10.2 Å². The first-order valence-electron chi connectivity index (χ1n) is 9.34. The Morgan fingerprint density at radius 2 is 1.86 bits per heavy atom. The predicted molar refractivity (Wildman–Crippen MR) is 116 cm³/mol. The van der Waals surface area contributed by atoms with Gasteiger partial charge in [-0.1, -0.05) is 0 Å². The van der Waals surface area contributed by atoms with Gasteiger partial charge in [-0.2, -0.15) is 10.5 Å². The minimum atomic E-state index is -0.439. The lowest BCUT2D eigenvalue weighted by Gasteiger charge is -2.27. The maximum absolute atomic E-state index is 10.2. The van der Waals surface area contributed by atoms with E-state index in [1.807, 2.05) is 44.1 Å². The second kappa shape index (κ2) is 10.1. The van der Waals surface area contributed by atoms with Crippen molar-refractivity contribution >= 4 is 27.7 Å². The van der Waals surface area contributed by atoms with E-state index in [0.717, 1.165) is 17.8 Å². The lowest BCUT2D eigenvalue weighted by Crippen LogP contribution is -2.38. The first kappa shape index (κ1) is 22.5. The van der Waals surface area contributed by atoms with Crippen molar-refractivity contribution in [2.75, 3.05) is 38.6 Å². The van der Waals surface area contributed by atoms with Crippen molar-refractivity contribution in [1.29, 1.82) is 10.5 Å². The van der Waals surface area contributed by atoms with Gasteiger partial charge in [0, 0.05) is 25.3 Å². The molecule has 1 N–H and O–H groups in total. The first-order chi connectivity index (χ1) is 13.8. The largest absolute Gasteiger partial charge is 0.390 e. The zero-order chi connectivity index (χ0) is 21.6. The van der Waals surface area contributed by atoms with Crippen molar-refractivity contribution < 1.29 is 5.11 Å². The van der Waals surface area contributed by atoms with E-state index in [0.29, 0.717) is 39.8 Å². The Labute approximate surface area is 176 Å². The third kappa shape index (κ3) is 5.61. The Bertz CT molecular complexity index is 967. The van der Waals surface area contributed by atoms with Crippen LogP contribution in [0, 0.1) is 36.5 Å². The van der Waals surface area contributed by atoms with E-state index in [1.54, 1.807) is 6.92 Å². The van der Waals surface area contributed by atoms with E-state index in [4.69, 9.17) is 5.26 Å². The zero-order valence-corrected chi connectivity index (χ0v) is 18.3. The number of benzene rings is 1. The fourth-order valence-electron chi connectivity index (χ4n) is 3.01. The highest BCUT2D eigenvalue weighted by atomic mass is 32.1. The van der Waals surface area contributed by atoms with Gasteiger partial charge in [0.15, 0.2) is 5.00 Å². The van der Waals surface area contributed by atoms with Gasteiger partial charge in [0.05, 0.1) is 17.4 Å². The lowest BCUT2D eigenvalue weighted by molar-refractivity contribution is 0.142. The number of nitriles is 2. The molecular formula is C21H26N6OS.